The van der Waals surface area contributed by atoms with Crippen LogP contribution in [0.15, 0.2) is 48.5 Å². The van der Waals surface area contributed by atoms with Gasteiger partial charge in [0.25, 0.3) is 0 Å². The lowest BCUT2D eigenvalue weighted by Crippen LogP contribution is -2.46. The minimum absolute atomic E-state index is 0.206. The monoisotopic (exact) mass is 310 g/mol. The number of urea groups is 1. The van der Waals surface area contributed by atoms with Gasteiger partial charge < -0.3 is 15.4 Å². The molecule has 120 valence electrons. The van der Waals surface area contributed by atoms with Crippen molar-refractivity contribution in [3.8, 4) is 0 Å². The molecule has 23 heavy (non-hydrogen) atoms. The molecule has 2 aromatic rings. The predicted octanol–water partition coefficient (Wildman–Crippen LogP) is 3.30. The quantitative estimate of drug-likeness (QED) is 0.910. The maximum absolute atomic E-state index is 12.1. The van der Waals surface area contributed by atoms with E-state index in [-0.39, 0.29) is 11.6 Å². The number of rotatable bonds is 4. The number of ether oxygens (including phenoxy) is 1. The van der Waals surface area contributed by atoms with Crippen LogP contribution in [0.1, 0.15) is 16.7 Å². The molecular formula is C19H22N2O2. The molecule has 0 unspecified atom stereocenters. The van der Waals surface area contributed by atoms with Gasteiger partial charge in [0.05, 0.1) is 5.60 Å². The number of hydrogen-bond donors (Lipinski definition) is 2. The van der Waals surface area contributed by atoms with Gasteiger partial charge in [-0.1, -0.05) is 36.4 Å². The number of fused-ring (bicyclic) bond motifs is 1. The Morgan fingerprint density at radius 2 is 1.83 bits per heavy atom. The molecule has 1 aliphatic carbocycles. The van der Waals surface area contributed by atoms with Crippen molar-refractivity contribution >= 4 is 11.7 Å². The zero-order chi connectivity index (χ0) is 16.3. The van der Waals surface area contributed by atoms with Gasteiger partial charge in [-0.15, -0.1) is 0 Å². The van der Waals surface area contributed by atoms with E-state index in [1.165, 1.54) is 11.1 Å². The fourth-order valence-corrected chi connectivity index (χ4v) is 3.14. The Bertz CT molecular complexity index is 687. The van der Waals surface area contributed by atoms with E-state index in [9.17, 15) is 4.79 Å². The van der Waals surface area contributed by atoms with Crippen LogP contribution in [0.3, 0.4) is 0 Å². The van der Waals surface area contributed by atoms with E-state index in [1.807, 2.05) is 43.3 Å². The Labute approximate surface area is 136 Å². The summed E-state index contributed by atoms with van der Waals surface area (Å²) in [6.45, 7) is 2.48. The van der Waals surface area contributed by atoms with Crippen LogP contribution < -0.4 is 10.6 Å². The van der Waals surface area contributed by atoms with Gasteiger partial charge in [0, 0.05) is 32.2 Å². The van der Waals surface area contributed by atoms with Crippen LogP contribution in [0.2, 0.25) is 0 Å². The van der Waals surface area contributed by atoms with Crippen molar-refractivity contribution in [2.24, 2.45) is 0 Å². The maximum Gasteiger partial charge on any atom is 0.319 e. The molecule has 0 fully saturated rings. The number of nitrogens with one attached hydrogen (secondary N) is 2. The van der Waals surface area contributed by atoms with Crippen LogP contribution in [-0.4, -0.2) is 25.3 Å². The first-order chi connectivity index (χ1) is 11.1. The van der Waals surface area contributed by atoms with Gasteiger partial charge in [-0.2, -0.15) is 0 Å². The smallest absolute Gasteiger partial charge is 0.319 e. The second-order valence-electron chi connectivity index (χ2n) is 6.19. The second-order valence-corrected chi connectivity index (χ2v) is 6.19. The van der Waals surface area contributed by atoms with Crippen LogP contribution in [0.5, 0.6) is 0 Å². The Kier molecular flexibility index (Phi) is 4.35. The van der Waals surface area contributed by atoms with Crippen LogP contribution >= 0.6 is 0 Å². The first-order valence-corrected chi connectivity index (χ1v) is 7.84. The fourth-order valence-electron chi connectivity index (χ4n) is 3.14. The molecule has 4 heteroatoms. The van der Waals surface area contributed by atoms with Gasteiger partial charge in [0.2, 0.25) is 0 Å². The molecule has 2 aromatic carbocycles. The summed E-state index contributed by atoms with van der Waals surface area (Å²) in [6, 6.07) is 15.9. The number of amides is 2. The molecule has 3 rings (SSSR count). The Hall–Kier alpha value is -2.33. The fraction of sp³-hybridized carbons (Fsp3) is 0.316. The Balaban J connectivity index is 1.60. The summed E-state index contributed by atoms with van der Waals surface area (Å²) >= 11 is 0. The minimum atomic E-state index is -0.354. The predicted molar refractivity (Wildman–Crippen MR) is 91.8 cm³/mol. The van der Waals surface area contributed by atoms with Crippen molar-refractivity contribution in [3.63, 3.8) is 0 Å². The molecule has 0 atom stereocenters. The molecule has 0 saturated heterocycles. The van der Waals surface area contributed by atoms with Gasteiger partial charge >= 0.3 is 6.03 Å². The molecule has 0 aromatic heterocycles. The highest BCUT2D eigenvalue weighted by Crippen LogP contribution is 2.32. The number of anilines is 1. The Morgan fingerprint density at radius 3 is 2.43 bits per heavy atom. The number of benzene rings is 2. The summed E-state index contributed by atoms with van der Waals surface area (Å²) in [5.74, 6) is 0. The van der Waals surface area contributed by atoms with Gasteiger partial charge in [-0.25, -0.2) is 4.79 Å². The number of hydrogen-bond acceptors (Lipinski definition) is 2. The zero-order valence-electron chi connectivity index (χ0n) is 13.6. The highest BCUT2D eigenvalue weighted by Gasteiger charge is 2.37. The molecule has 0 aliphatic heterocycles. The van der Waals surface area contributed by atoms with E-state index in [0.29, 0.717) is 6.54 Å². The van der Waals surface area contributed by atoms with Crippen LogP contribution in [0, 0.1) is 6.92 Å². The molecule has 0 heterocycles. The molecule has 2 N–H and O–H groups in total. The number of methoxy groups -OCH3 is 1. The molecule has 0 bridgehead atoms. The molecule has 4 nitrogen and oxygen atoms in total. The maximum atomic E-state index is 12.1. The Morgan fingerprint density at radius 1 is 1.13 bits per heavy atom. The standard InChI is InChI=1S/C19H22N2O2/c1-14-6-5-9-17(10-14)21-18(22)20-13-19(23-2)11-15-7-3-4-8-16(15)12-19/h3-10H,11-13H2,1-2H3,(H2,20,21,22). The van der Waals surface area contributed by atoms with Crippen LogP contribution in [-0.2, 0) is 17.6 Å². The van der Waals surface area contributed by atoms with Crippen molar-refractivity contribution in [1.82, 2.24) is 5.32 Å². The number of aryl methyl sites for hydroxylation is 1. The lowest BCUT2D eigenvalue weighted by Gasteiger charge is -2.27. The topological polar surface area (TPSA) is 50.4 Å². The zero-order valence-corrected chi connectivity index (χ0v) is 13.6. The van der Waals surface area contributed by atoms with E-state index in [1.54, 1.807) is 7.11 Å². The van der Waals surface area contributed by atoms with E-state index in [2.05, 4.69) is 22.8 Å². The third-order valence-electron chi connectivity index (χ3n) is 4.42. The molecule has 2 amide bonds. The third-order valence-corrected chi connectivity index (χ3v) is 4.42. The summed E-state index contributed by atoms with van der Waals surface area (Å²) in [6.07, 6.45) is 1.65. The van der Waals surface area contributed by atoms with E-state index >= 15 is 0 Å². The molecule has 0 spiro atoms. The van der Waals surface area contributed by atoms with Crippen molar-refractivity contribution in [1.29, 1.82) is 0 Å². The highest BCUT2D eigenvalue weighted by atomic mass is 16.5. The largest absolute Gasteiger partial charge is 0.376 e. The SMILES string of the molecule is COC1(CNC(=O)Nc2cccc(C)c2)Cc2ccccc2C1. The summed E-state index contributed by atoms with van der Waals surface area (Å²) in [4.78, 5) is 12.1. The van der Waals surface area contributed by atoms with Gasteiger partial charge in [0.15, 0.2) is 0 Å². The van der Waals surface area contributed by atoms with Crippen LogP contribution in [0.4, 0.5) is 10.5 Å². The first kappa shape index (κ1) is 15.6. The van der Waals surface area contributed by atoms with Gasteiger partial charge in [-0.05, 0) is 35.7 Å². The summed E-state index contributed by atoms with van der Waals surface area (Å²) in [5, 5.41) is 5.81. The van der Waals surface area contributed by atoms with E-state index in [0.717, 1.165) is 24.1 Å². The molecular weight excluding hydrogens is 288 g/mol. The molecule has 0 saturated carbocycles. The first-order valence-electron chi connectivity index (χ1n) is 7.84. The third kappa shape index (κ3) is 3.54. The van der Waals surface area contributed by atoms with Crippen molar-refractivity contribution in [3.05, 3.63) is 65.2 Å². The molecule has 0 radical (unpaired) electrons. The van der Waals surface area contributed by atoms with E-state index < -0.39 is 0 Å². The van der Waals surface area contributed by atoms with Crippen molar-refractivity contribution < 1.29 is 9.53 Å². The highest BCUT2D eigenvalue weighted by molar-refractivity contribution is 5.89. The second kappa shape index (κ2) is 6.42. The lowest BCUT2D eigenvalue weighted by molar-refractivity contribution is 0.00208. The van der Waals surface area contributed by atoms with Gasteiger partial charge in [0.1, 0.15) is 0 Å². The van der Waals surface area contributed by atoms with Crippen LogP contribution in [0.25, 0.3) is 0 Å². The van der Waals surface area contributed by atoms with Crippen molar-refractivity contribution in [2.45, 2.75) is 25.4 Å². The normalized spacial score (nSPS) is 15.0. The van der Waals surface area contributed by atoms with Gasteiger partial charge in [-0.3, -0.25) is 0 Å². The average Bonchev–Trinajstić information content (AvgIpc) is 2.92. The average molecular weight is 310 g/mol. The summed E-state index contributed by atoms with van der Waals surface area (Å²) < 4.78 is 5.76. The summed E-state index contributed by atoms with van der Waals surface area (Å²) in [7, 11) is 1.71. The minimum Gasteiger partial charge on any atom is -0.376 e. The number of carbonyl (C=O) groups is 1. The summed E-state index contributed by atoms with van der Waals surface area (Å²) in [5.41, 5.74) is 4.16. The molecule has 1 aliphatic rings. The number of carbonyl (C=O) groups excluding carboxylic acids is 1. The van der Waals surface area contributed by atoms with E-state index in [4.69, 9.17) is 4.74 Å². The lowest BCUT2D eigenvalue weighted by atomic mass is 10.0. The van der Waals surface area contributed by atoms with Crippen molar-refractivity contribution in [2.75, 3.05) is 19.0 Å².